The van der Waals surface area contributed by atoms with E-state index in [9.17, 15) is 4.79 Å². The number of fused-ring (bicyclic) bond motifs is 1. The van der Waals surface area contributed by atoms with Gasteiger partial charge >= 0.3 is 5.69 Å². The van der Waals surface area contributed by atoms with E-state index in [2.05, 4.69) is 34.1 Å². The number of hydrogen-bond donors (Lipinski definition) is 1. The van der Waals surface area contributed by atoms with Crippen molar-refractivity contribution < 1.29 is 9.47 Å². The fraction of sp³-hybridized carbons (Fsp3) is 0.458. The number of H-pyrrole nitrogens is 1. The van der Waals surface area contributed by atoms with Gasteiger partial charge in [0.25, 0.3) is 0 Å². The van der Waals surface area contributed by atoms with Crippen molar-refractivity contribution in [3.63, 3.8) is 0 Å². The monoisotopic (exact) mass is 441 g/mol. The molecule has 0 bridgehead atoms. The molecule has 164 valence electrons. The van der Waals surface area contributed by atoms with Crippen LogP contribution in [0, 0.1) is 0 Å². The van der Waals surface area contributed by atoms with Crippen LogP contribution in [0.25, 0.3) is 11.0 Å². The zero-order chi connectivity index (χ0) is 21.3. The van der Waals surface area contributed by atoms with Crippen LogP contribution >= 0.6 is 11.6 Å². The number of halogens is 1. The number of likely N-dealkylation sites (tertiary alicyclic amines) is 1. The number of nitrogens with zero attached hydrogens (tertiary/aromatic N) is 2. The number of hydrogen-bond acceptors (Lipinski definition) is 4. The van der Waals surface area contributed by atoms with Crippen LogP contribution in [0.3, 0.4) is 0 Å². The molecule has 2 aromatic carbocycles. The third-order valence-electron chi connectivity index (χ3n) is 6.48. The summed E-state index contributed by atoms with van der Waals surface area (Å²) >= 11 is 6.19. The Morgan fingerprint density at radius 2 is 1.90 bits per heavy atom. The van der Waals surface area contributed by atoms with E-state index in [4.69, 9.17) is 21.1 Å². The maximum Gasteiger partial charge on any atom is 0.326 e. The van der Waals surface area contributed by atoms with Crippen molar-refractivity contribution >= 4 is 22.6 Å². The predicted molar refractivity (Wildman–Crippen MR) is 122 cm³/mol. The van der Waals surface area contributed by atoms with Crippen molar-refractivity contribution in [2.24, 2.45) is 0 Å². The first kappa shape index (κ1) is 20.8. The smallest absolute Gasteiger partial charge is 0.326 e. The minimum atomic E-state index is -0.322. The number of aromatic nitrogens is 2. The highest BCUT2D eigenvalue weighted by Crippen LogP contribution is 2.29. The summed E-state index contributed by atoms with van der Waals surface area (Å²) in [6.45, 7) is 4.58. The van der Waals surface area contributed by atoms with E-state index in [1.54, 1.807) is 0 Å². The van der Waals surface area contributed by atoms with Crippen LogP contribution < -0.4 is 5.69 Å². The average molecular weight is 442 g/mol. The molecule has 2 aliphatic rings. The number of piperidine rings is 1. The molecule has 31 heavy (non-hydrogen) atoms. The van der Waals surface area contributed by atoms with E-state index < -0.39 is 0 Å². The highest BCUT2D eigenvalue weighted by Gasteiger charge is 2.37. The van der Waals surface area contributed by atoms with Crippen molar-refractivity contribution in [3.05, 3.63) is 69.6 Å². The van der Waals surface area contributed by atoms with E-state index >= 15 is 0 Å². The zero-order valence-corrected chi connectivity index (χ0v) is 18.3. The van der Waals surface area contributed by atoms with E-state index in [1.165, 1.54) is 5.56 Å². The Labute approximate surface area is 186 Å². The number of ether oxygens (including phenoxy) is 2. The molecule has 2 saturated heterocycles. The fourth-order valence-electron chi connectivity index (χ4n) is 5.03. The summed E-state index contributed by atoms with van der Waals surface area (Å²) < 4.78 is 14.0. The van der Waals surface area contributed by atoms with E-state index in [-0.39, 0.29) is 17.3 Å². The summed E-state index contributed by atoms with van der Waals surface area (Å²) in [5.74, 6) is 0. The normalized spacial score (nSPS) is 23.4. The highest BCUT2D eigenvalue weighted by molar-refractivity contribution is 6.31. The predicted octanol–water partition coefficient (Wildman–Crippen LogP) is 3.65. The minimum Gasteiger partial charge on any atom is -0.376 e. The van der Waals surface area contributed by atoms with Crippen LogP contribution in [0.2, 0.25) is 5.02 Å². The molecule has 6 nitrogen and oxygen atoms in total. The molecule has 1 aromatic heterocycles. The van der Waals surface area contributed by atoms with E-state index in [0.29, 0.717) is 24.8 Å². The SMILES string of the molecule is O=c1[nH]c2ccc(Cl)cc2n1C1CCN(CC2(Cc3ccccc3)COCCO2)CC1. The summed E-state index contributed by atoms with van der Waals surface area (Å²) in [7, 11) is 0. The van der Waals surface area contributed by atoms with Gasteiger partial charge in [0.1, 0.15) is 5.60 Å². The molecular formula is C24H28ClN3O3. The summed E-state index contributed by atoms with van der Waals surface area (Å²) in [5.41, 5.74) is 2.62. The molecule has 0 saturated carbocycles. The molecule has 3 aromatic rings. The Hall–Kier alpha value is -2.12. The Bertz CT molecular complexity index is 1080. The van der Waals surface area contributed by atoms with Crippen LogP contribution in [0.4, 0.5) is 0 Å². The lowest BCUT2D eigenvalue weighted by Gasteiger charge is -2.43. The van der Waals surface area contributed by atoms with Crippen molar-refractivity contribution in [1.29, 1.82) is 0 Å². The van der Waals surface area contributed by atoms with E-state index in [1.807, 2.05) is 28.8 Å². The summed E-state index contributed by atoms with van der Waals surface area (Å²) in [6, 6.07) is 16.2. The lowest BCUT2D eigenvalue weighted by molar-refractivity contribution is -0.167. The molecular weight excluding hydrogens is 414 g/mol. The standard InChI is InChI=1S/C24H28ClN3O3/c25-19-6-7-21-22(14-19)28(23(29)26-21)20-8-10-27(11-9-20)16-24(17-30-12-13-31-24)15-18-4-2-1-3-5-18/h1-7,14,20H,8-13,15-17H2,(H,26,29). The van der Waals surface area contributed by atoms with Gasteiger partial charge in [-0.3, -0.25) is 4.57 Å². The number of nitrogens with one attached hydrogen (secondary N) is 1. The molecule has 2 fully saturated rings. The van der Waals surface area contributed by atoms with Crippen LogP contribution in [0.1, 0.15) is 24.4 Å². The van der Waals surface area contributed by atoms with Gasteiger partial charge in [-0.15, -0.1) is 0 Å². The molecule has 2 aliphatic heterocycles. The van der Waals surface area contributed by atoms with E-state index in [0.717, 1.165) is 49.9 Å². The summed E-state index contributed by atoms with van der Waals surface area (Å²) in [4.78, 5) is 18.0. The summed E-state index contributed by atoms with van der Waals surface area (Å²) in [6.07, 6.45) is 2.68. The van der Waals surface area contributed by atoms with Gasteiger partial charge in [-0.1, -0.05) is 41.9 Å². The van der Waals surface area contributed by atoms with Gasteiger partial charge in [-0.25, -0.2) is 4.79 Å². The van der Waals surface area contributed by atoms with Crippen LogP contribution in [0.15, 0.2) is 53.3 Å². The molecule has 0 amide bonds. The molecule has 1 N–H and O–H groups in total. The Kier molecular flexibility index (Phi) is 5.89. The number of benzene rings is 2. The van der Waals surface area contributed by atoms with Gasteiger partial charge < -0.3 is 19.4 Å². The van der Waals surface area contributed by atoms with Crippen molar-refractivity contribution in [3.8, 4) is 0 Å². The average Bonchev–Trinajstić information content (AvgIpc) is 3.10. The Morgan fingerprint density at radius 1 is 1.10 bits per heavy atom. The second-order valence-corrected chi connectivity index (χ2v) is 9.15. The molecule has 7 heteroatoms. The Balaban J connectivity index is 1.29. The second-order valence-electron chi connectivity index (χ2n) is 8.72. The zero-order valence-electron chi connectivity index (χ0n) is 17.6. The molecule has 3 heterocycles. The van der Waals surface area contributed by atoms with Crippen LogP contribution in [-0.2, 0) is 15.9 Å². The number of rotatable bonds is 5. The van der Waals surface area contributed by atoms with Gasteiger partial charge in [-0.05, 0) is 36.6 Å². The first-order chi connectivity index (χ1) is 15.1. The largest absolute Gasteiger partial charge is 0.376 e. The molecule has 0 radical (unpaired) electrons. The fourth-order valence-corrected chi connectivity index (χ4v) is 5.20. The van der Waals surface area contributed by atoms with Gasteiger partial charge in [0.05, 0.1) is 30.9 Å². The number of aromatic amines is 1. The third-order valence-corrected chi connectivity index (χ3v) is 6.72. The lowest BCUT2D eigenvalue weighted by Crippen LogP contribution is -2.54. The maximum absolute atomic E-state index is 12.6. The van der Waals surface area contributed by atoms with Gasteiger partial charge in [0, 0.05) is 37.1 Å². The summed E-state index contributed by atoms with van der Waals surface area (Å²) in [5, 5.41) is 0.648. The quantitative estimate of drug-likeness (QED) is 0.656. The highest BCUT2D eigenvalue weighted by atomic mass is 35.5. The van der Waals surface area contributed by atoms with Crippen molar-refractivity contribution in [2.45, 2.75) is 30.9 Å². The molecule has 1 atom stereocenters. The first-order valence-corrected chi connectivity index (χ1v) is 11.4. The maximum atomic E-state index is 12.6. The lowest BCUT2D eigenvalue weighted by atomic mass is 9.92. The molecule has 0 aliphatic carbocycles. The first-order valence-electron chi connectivity index (χ1n) is 11.0. The molecule has 1 unspecified atom stereocenters. The van der Waals surface area contributed by atoms with Gasteiger partial charge in [0.2, 0.25) is 0 Å². The van der Waals surface area contributed by atoms with Crippen LogP contribution in [-0.4, -0.2) is 59.5 Å². The van der Waals surface area contributed by atoms with Crippen LogP contribution in [0.5, 0.6) is 0 Å². The van der Waals surface area contributed by atoms with Crippen molar-refractivity contribution in [1.82, 2.24) is 14.5 Å². The van der Waals surface area contributed by atoms with Crippen molar-refractivity contribution in [2.75, 3.05) is 39.5 Å². The Morgan fingerprint density at radius 3 is 2.65 bits per heavy atom. The minimum absolute atomic E-state index is 0.0553. The number of imidazole rings is 1. The third kappa shape index (κ3) is 4.44. The molecule has 5 rings (SSSR count). The van der Waals surface area contributed by atoms with Gasteiger partial charge in [0.15, 0.2) is 0 Å². The second kappa shape index (κ2) is 8.79. The molecule has 0 spiro atoms. The van der Waals surface area contributed by atoms with Gasteiger partial charge in [-0.2, -0.15) is 0 Å². The topological polar surface area (TPSA) is 59.5 Å².